The Morgan fingerprint density at radius 1 is 0.700 bits per heavy atom. The van der Waals surface area contributed by atoms with Crippen LogP contribution in [0.2, 0.25) is 10.0 Å². The van der Waals surface area contributed by atoms with Gasteiger partial charge < -0.3 is 20.1 Å². The lowest BCUT2D eigenvalue weighted by Gasteiger charge is -2.10. The van der Waals surface area contributed by atoms with Gasteiger partial charge in [-0.25, -0.2) is 0 Å². The van der Waals surface area contributed by atoms with Crippen molar-refractivity contribution >= 4 is 48.0 Å². The zero-order valence-electron chi connectivity index (χ0n) is 17.4. The van der Waals surface area contributed by atoms with E-state index in [1.165, 1.54) is 22.3 Å². The number of rotatable bonds is 2. The van der Waals surface area contributed by atoms with Crippen molar-refractivity contribution in [3.63, 3.8) is 0 Å². The fourth-order valence-electron chi connectivity index (χ4n) is 3.69. The molecule has 0 bridgehead atoms. The Kier molecular flexibility index (Phi) is 12.2. The van der Waals surface area contributed by atoms with Gasteiger partial charge >= 0.3 is 0 Å². The molecule has 168 valence electrons. The molecule has 0 radical (unpaired) electrons. The van der Waals surface area contributed by atoms with Gasteiger partial charge in [-0.3, -0.25) is 0 Å². The number of hydrogen-bond donors (Lipinski definition) is 2. The average Bonchev–Trinajstić information content (AvgIpc) is 3.08. The molecule has 2 heterocycles. The van der Waals surface area contributed by atoms with E-state index < -0.39 is 0 Å². The van der Waals surface area contributed by atoms with Gasteiger partial charge in [-0.05, 0) is 92.3 Å². The molecule has 8 heteroatoms. The summed E-state index contributed by atoms with van der Waals surface area (Å²) in [5.41, 5.74) is 5.30. The topological polar surface area (TPSA) is 42.5 Å². The highest BCUT2D eigenvalue weighted by Crippen LogP contribution is 2.32. The Balaban J connectivity index is 0.000000281. The molecule has 0 unspecified atom stereocenters. The molecule has 0 saturated heterocycles. The number of hydrogen-bond acceptors (Lipinski definition) is 4. The number of fused-ring (bicyclic) bond motifs is 2. The van der Waals surface area contributed by atoms with E-state index >= 15 is 0 Å². The molecular weight excluding hydrogens is 466 g/mol. The van der Waals surface area contributed by atoms with Crippen LogP contribution in [0, 0.1) is 0 Å². The van der Waals surface area contributed by atoms with Gasteiger partial charge in [0.15, 0.2) is 0 Å². The molecule has 0 spiro atoms. The predicted molar refractivity (Wildman–Crippen MR) is 131 cm³/mol. The molecule has 30 heavy (non-hydrogen) atoms. The highest BCUT2D eigenvalue weighted by molar-refractivity contribution is 6.33. The molecule has 0 aliphatic carbocycles. The highest BCUT2D eigenvalue weighted by Gasteiger charge is 2.14. The van der Waals surface area contributed by atoms with E-state index in [-0.39, 0.29) is 24.8 Å². The average molecular weight is 496 g/mol. The van der Waals surface area contributed by atoms with Crippen molar-refractivity contribution < 1.29 is 9.47 Å². The lowest BCUT2D eigenvalue weighted by Crippen LogP contribution is -2.16. The van der Waals surface area contributed by atoms with E-state index in [0.29, 0.717) is 5.02 Å². The van der Waals surface area contributed by atoms with Crippen LogP contribution >= 0.6 is 48.0 Å². The number of nitrogens with one attached hydrogen (secondary N) is 2. The maximum Gasteiger partial charge on any atom is 0.137 e. The summed E-state index contributed by atoms with van der Waals surface area (Å²) in [7, 11) is 3.31. The van der Waals surface area contributed by atoms with Crippen molar-refractivity contribution in [1.29, 1.82) is 0 Å². The first-order valence-electron chi connectivity index (χ1n) is 9.75. The van der Waals surface area contributed by atoms with E-state index in [4.69, 9.17) is 32.7 Å². The summed E-state index contributed by atoms with van der Waals surface area (Å²) in [5.74, 6) is 1.57. The lowest BCUT2D eigenvalue weighted by atomic mass is 10.0. The van der Waals surface area contributed by atoms with Gasteiger partial charge in [-0.1, -0.05) is 29.3 Å². The maximum absolute atomic E-state index is 6.25. The fraction of sp³-hybridized carbons (Fsp3) is 0.455. The van der Waals surface area contributed by atoms with Gasteiger partial charge in [-0.2, -0.15) is 0 Å². The first-order valence-corrected chi connectivity index (χ1v) is 10.5. The van der Waals surface area contributed by atoms with Crippen molar-refractivity contribution in [2.24, 2.45) is 0 Å². The molecule has 2 aromatic carbocycles. The molecule has 0 fully saturated rings. The number of halogens is 4. The fourth-order valence-corrected chi connectivity index (χ4v) is 4.31. The molecule has 0 aromatic heterocycles. The number of methoxy groups -OCH3 is 2. The third-order valence-electron chi connectivity index (χ3n) is 5.26. The first-order chi connectivity index (χ1) is 13.6. The van der Waals surface area contributed by atoms with Crippen LogP contribution in [0.1, 0.15) is 22.3 Å². The van der Waals surface area contributed by atoms with Gasteiger partial charge in [0.2, 0.25) is 0 Å². The van der Waals surface area contributed by atoms with Crippen molar-refractivity contribution in [3.05, 3.63) is 56.6 Å². The minimum atomic E-state index is 0. The largest absolute Gasteiger partial charge is 0.495 e. The Bertz CT molecular complexity index is 814. The van der Waals surface area contributed by atoms with Crippen molar-refractivity contribution in [3.8, 4) is 11.5 Å². The minimum absolute atomic E-state index is 0. The van der Waals surface area contributed by atoms with E-state index in [1.807, 2.05) is 12.1 Å². The minimum Gasteiger partial charge on any atom is -0.495 e. The molecule has 0 saturated carbocycles. The molecule has 2 aliphatic heterocycles. The van der Waals surface area contributed by atoms with Crippen LogP contribution in [-0.2, 0) is 25.7 Å². The quantitative estimate of drug-likeness (QED) is 0.620. The maximum atomic E-state index is 6.25. The Morgan fingerprint density at radius 2 is 1.23 bits per heavy atom. The Morgan fingerprint density at radius 3 is 1.83 bits per heavy atom. The Labute approximate surface area is 201 Å². The van der Waals surface area contributed by atoms with Crippen molar-refractivity contribution in [2.45, 2.75) is 25.7 Å². The lowest BCUT2D eigenvalue weighted by molar-refractivity contribution is 0.414. The molecule has 0 atom stereocenters. The second-order valence-electron chi connectivity index (χ2n) is 6.97. The third-order valence-corrected chi connectivity index (χ3v) is 5.97. The van der Waals surface area contributed by atoms with E-state index in [9.17, 15) is 0 Å². The van der Waals surface area contributed by atoms with Gasteiger partial charge in [-0.15, -0.1) is 24.8 Å². The Hall–Kier alpha value is -0.880. The summed E-state index contributed by atoms with van der Waals surface area (Å²) in [6.45, 7) is 4.11. The normalized spacial score (nSPS) is 14.8. The third kappa shape index (κ3) is 6.81. The number of benzene rings is 2. The van der Waals surface area contributed by atoms with Crippen LogP contribution in [0.5, 0.6) is 11.5 Å². The molecule has 0 amide bonds. The second kappa shape index (κ2) is 13.5. The smallest absolute Gasteiger partial charge is 0.137 e. The van der Waals surface area contributed by atoms with Gasteiger partial charge in [0.05, 0.1) is 24.3 Å². The zero-order valence-corrected chi connectivity index (χ0v) is 20.5. The van der Waals surface area contributed by atoms with Gasteiger partial charge in [0.25, 0.3) is 0 Å². The van der Waals surface area contributed by atoms with Crippen LogP contribution < -0.4 is 20.1 Å². The molecule has 2 aromatic rings. The molecular formula is C22H30Cl4N2O2. The van der Waals surface area contributed by atoms with E-state index in [2.05, 4.69) is 22.8 Å². The molecule has 4 rings (SSSR count). The molecule has 4 nitrogen and oxygen atoms in total. The van der Waals surface area contributed by atoms with Crippen LogP contribution in [0.4, 0.5) is 0 Å². The van der Waals surface area contributed by atoms with Gasteiger partial charge in [0, 0.05) is 0 Å². The van der Waals surface area contributed by atoms with Crippen LogP contribution in [0.15, 0.2) is 24.3 Å². The summed E-state index contributed by atoms with van der Waals surface area (Å²) in [4.78, 5) is 0. The molecule has 2 aliphatic rings. The van der Waals surface area contributed by atoms with Crippen LogP contribution in [-0.4, -0.2) is 40.4 Å². The summed E-state index contributed by atoms with van der Waals surface area (Å²) in [6, 6.07) is 8.16. The summed E-state index contributed by atoms with van der Waals surface area (Å²) < 4.78 is 10.4. The summed E-state index contributed by atoms with van der Waals surface area (Å²) in [5, 5.41) is 8.23. The van der Waals surface area contributed by atoms with Crippen molar-refractivity contribution in [1.82, 2.24) is 10.6 Å². The second-order valence-corrected chi connectivity index (χ2v) is 7.76. The van der Waals surface area contributed by atoms with E-state index in [1.54, 1.807) is 14.2 Å². The SMILES string of the molecule is COc1cc2c(cc1Cl)CCNCC2.COc1ccc2c(c1Cl)CCNCC2.Cl.Cl. The molecule has 2 N–H and O–H groups in total. The monoisotopic (exact) mass is 494 g/mol. The number of ether oxygens (including phenoxy) is 2. The highest BCUT2D eigenvalue weighted by atomic mass is 35.5. The van der Waals surface area contributed by atoms with Crippen LogP contribution in [0.3, 0.4) is 0 Å². The zero-order chi connectivity index (χ0) is 19.9. The first kappa shape index (κ1) is 27.2. The standard InChI is InChI=1S/2C11H14ClNO.2ClH/c1-14-11-7-9-3-5-13-4-2-8(9)6-10(11)12;1-14-10-3-2-8-4-6-13-7-5-9(8)11(10)12;;/h6-7,13H,2-5H2,1H3;2-3,13H,4-7H2,1H3;2*1H. The van der Waals surface area contributed by atoms with Crippen molar-refractivity contribution in [2.75, 3.05) is 40.4 Å². The van der Waals surface area contributed by atoms with Gasteiger partial charge in [0.1, 0.15) is 11.5 Å². The van der Waals surface area contributed by atoms with E-state index in [0.717, 1.165) is 68.4 Å². The predicted octanol–water partition coefficient (Wildman–Crippen LogP) is 4.92. The summed E-state index contributed by atoms with van der Waals surface area (Å²) in [6.07, 6.45) is 4.16. The van der Waals surface area contributed by atoms with Crippen LogP contribution in [0.25, 0.3) is 0 Å². The summed E-state index contributed by atoms with van der Waals surface area (Å²) >= 11 is 12.3.